The van der Waals surface area contributed by atoms with E-state index in [1.807, 2.05) is 0 Å². The van der Waals surface area contributed by atoms with Crippen LogP contribution in [0.5, 0.6) is 0 Å². The Morgan fingerprint density at radius 1 is 1.11 bits per heavy atom. The lowest BCUT2D eigenvalue weighted by Gasteiger charge is -2.42. The first-order chi connectivity index (χ1) is 12.8. The topological polar surface area (TPSA) is 29.1 Å². The lowest BCUT2D eigenvalue weighted by molar-refractivity contribution is -0.672. The predicted octanol–water partition coefficient (Wildman–Crippen LogP) is 4.46. The SMILES string of the molecule is CC(C)CC[C@@]1(CC[NH2+]Cc2ccc(N(C)C)cc2)CCO[C@@H](C(C)C)C1. The zero-order valence-electron chi connectivity index (χ0n) is 18.6. The van der Waals surface area contributed by atoms with Crippen LogP contribution in [-0.4, -0.2) is 33.4 Å². The maximum atomic E-state index is 6.09. The van der Waals surface area contributed by atoms with Crippen LogP contribution in [0.4, 0.5) is 5.69 Å². The Morgan fingerprint density at radius 2 is 1.81 bits per heavy atom. The highest BCUT2D eigenvalue weighted by molar-refractivity contribution is 5.45. The fourth-order valence-electron chi connectivity index (χ4n) is 4.22. The predicted molar refractivity (Wildman–Crippen MR) is 116 cm³/mol. The second-order valence-electron chi connectivity index (χ2n) is 9.63. The number of nitrogens with two attached hydrogens (primary N) is 1. The number of nitrogens with zero attached hydrogens (tertiary/aromatic N) is 1. The molecule has 154 valence electrons. The molecule has 1 heterocycles. The maximum absolute atomic E-state index is 6.09. The van der Waals surface area contributed by atoms with E-state index in [4.69, 9.17) is 4.74 Å². The third-order valence-electron chi connectivity index (χ3n) is 6.31. The third-order valence-corrected chi connectivity index (χ3v) is 6.31. The van der Waals surface area contributed by atoms with Crippen molar-refractivity contribution in [3.05, 3.63) is 29.8 Å². The summed E-state index contributed by atoms with van der Waals surface area (Å²) in [5, 5.41) is 2.50. The second-order valence-corrected chi connectivity index (χ2v) is 9.63. The molecule has 0 spiro atoms. The van der Waals surface area contributed by atoms with E-state index in [1.165, 1.54) is 49.9 Å². The normalized spacial score (nSPS) is 23.2. The molecule has 0 unspecified atom stereocenters. The van der Waals surface area contributed by atoms with Gasteiger partial charge < -0.3 is 15.0 Å². The van der Waals surface area contributed by atoms with E-state index in [2.05, 4.69) is 76.3 Å². The van der Waals surface area contributed by atoms with Crippen molar-refractivity contribution in [2.45, 2.75) is 72.4 Å². The molecule has 2 atom stereocenters. The van der Waals surface area contributed by atoms with Crippen LogP contribution in [0.2, 0.25) is 0 Å². The first-order valence-electron chi connectivity index (χ1n) is 11.0. The molecule has 1 saturated heterocycles. The van der Waals surface area contributed by atoms with Gasteiger partial charge in [0, 0.05) is 38.4 Å². The lowest BCUT2D eigenvalue weighted by atomic mass is 9.69. The Morgan fingerprint density at radius 3 is 2.41 bits per heavy atom. The molecule has 1 aliphatic heterocycles. The van der Waals surface area contributed by atoms with E-state index in [-0.39, 0.29) is 0 Å². The Hall–Kier alpha value is -1.06. The molecular weight excluding hydrogens is 332 g/mol. The van der Waals surface area contributed by atoms with Crippen LogP contribution >= 0.6 is 0 Å². The summed E-state index contributed by atoms with van der Waals surface area (Å²) in [7, 11) is 4.19. The van der Waals surface area contributed by atoms with E-state index < -0.39 is 0 Å². The summed E-state index contributed by atoms with van der Waals surface area (Å²) in [5.41, 5.74) is 3.18. The first-order valence-corrected chi connectivity index (χ1v) is 11.0. The number of benzene rings is 1. The van der Waals surface area contributed by atoms with Gasteiger partial charge in [0.15, 0.2) is 0 Å². The average Bonchev–Trinajstić information content (AvgIpc) is 2.64. The molecule has 0 aromatic heterocycles. The van der Waals surface area contributed by atoms with Crippen LogP contribution in [0, 0.1) is 17.3 Å². The van der Waals surface area contributed by atoms with Crippen molar-refractivity contribution >= 4 is 5.69 Å². The van der Waals surface area contributed by atoms with Crippen molar-refractivity contribution in [1.29, 1.82) is 0 Å². The van der Waals surface area contributed by atoms with Crippen molar-refractivity contribution in [3.8, 4) is 0 Å². The number of anilines is 1. The molecule has 0 saturated carbocycles. The van der Waals surface area contributed by atoms with Crippen LogP contribution < -0.4 is 10.2 Å². The van der Waals surface area contributed by atoms with Gasteiger partial charge in [-0.1, -0.05) is 46.2 Å². The molecule has 1 fully saturated rings. The van der Waals surface area contributed by atoms with Gasteiger partial charge in [-0.25, -0.2) is 0 Å². The third kappa shape index (κ3) is 7.12. The molecule has 3 nitrogen and oxygen atoms in total. The monoisotopic (exact) mass is 375 g/mol. The molecule has 2 N–H and O–H groups in total. The van der Waals surface area contributed by atoms with Gasteiger partial charge in [0.25, 0.3) is 0 Å². The minimum Gasteiger partial charge on any atom is -0.378 e. The summed E-state index contributed by atoms with van der Waals surface area (Å²) in [6.07, 6.45) is 6.97. The highest BCUT2D eigenvalue weighted by Crippen LogP contribution is 2.43. The van der Waals surface area contributed by atoms with Crippen molar-refractivity contribution in [2.75, 3.05) is 32.1 Å². The van der Waals surface area contributed by atoms with E-state index >= 15 is 0 Å². The highest BCUT2D eigenvalue weighted by atomic mass is 16.5. The van der Waals surface area contributed by atoms with Crippen molar-refractivity contribution in [1.82, 2.24) is 0 Å². The van der Waals surface area contributed by atoms with E-state index in [0.717, 1.165) is 19.1 Å². The van der Waals surface area contributed by atoms with Crippen LogP contribution in [0.3, 0.4) is 0 Å². The molecule has 2 rings (SSSR count). The molecule has 0 radical (unpaired) electrons. The fourth-order valence-corrected chi connectivity index (χ4v) is 4.22. The van der Waals surface area contributed by atoms with Crippen molar-refractivity contribution in [3.63, 3.8) is 0 Å². The molecule has 0 amide bonds. The van der Waals surface area contributed by atoms with Crippen LogP contribution in [-0.2, 0) is 11.3 Å². The highest BCUT2D eigenvalue weighted by Gasteiger charge is 2.37. The van der Waals surface area contributed by atoms with Gasteiger partial charge in [-0.05, 0) is 48.6 Å². The van der Waals surface area contributed by atoms with Gasteiger partial charge >= 0.3 is 0 Å². The molecule has 27 heavy (non-hydrogen) atoms. The van der Waals surface area contributed by atoms with Crippen LogP contribution in [0.1, 0.15) is 65.4 Å². The zero-order chi connectivity index (χ0) is 19.9. The summed E-state index contributed by atoms with van der Waals surface area (Å²) in [5.74, 6) is 1.42. The van der Waals surface area contributed by atoms with Gasteiger partial charge in [0.05, 0.1) is 12.6 Å². The van der Waals surface area contributed by atoms with Gasteiger partial charge in [-0.15, -0.1) is 0 Å². The molecule has 1 aromatic rings. The van der Waals surface area contributed by atoms with Gasteiger partial charge in [0.1, 0.15) is 6.54 Å². The standard InChI is InChI=1S/C24H42N2O/c1-19(2)11-12-24(14-16-27-23(17-24)20(3)4)13-15-25-18-21-7-9-22(10-8-21)26(5)6/h7-10,19-20,23,25H,11-18H2,1-6H3/p+1/t23-,24-/m1/s1. The van der Waals surface area contributed by atoms with Gasteiger partial charge in [0.2, 0.25) is 0 Å². The van der Waals surface area contributed by atoms with Gasteiger partial charge in [-0.3, -0.25) is 0 Å². The summed E-state index contributed by atoms with van der Waals surface area (Å²) in [6, 6.07) is 8.98. The van der Waals surface area contributed by atoms with E-state index in [0.29, 0.717) is 17.4 Å². The number of quaternary nitrogens is 1. The molecule has 1 aromatic carbocycles. The summed E-state index contributed by atoms with van der Waals surface area (Å²) < 4.78 is 6.09. The maximum Gasteiger partial charge on any atom is 0.101 e. The Balaban J connectivity index is 1.87. The van der Waals surface area contributed by atoms with Crippen molar-refractivity contribution in [2.24, 2.45) is 17.3 Å². The van der Waals surface area contributed by atoms with E-state index in [9.17, 15) is 0 Å². The molecule has 0 bridgehead atoms. The summed E-state index contributed by atoms with van der Waals surface area (Å²) in [6.45, 7) is 12.6. The van der Waals surface area contributed by atoms with Crippen LogP contribution in [0.25, 0.3) is 0 Å². The Labute approximate surface area is 167 Å². The Bertz CT molecular complexity index is 538. The average molecular weight is 376 g/mol. The smallest absolute Gasteiger partial charge is 0.101 e. The minimum atomic E-state index is 0.449. The van der Waals surface area contributed by atoms with E-state index in [1.54, 1.807) is 0 Å². The number of ether oxygens (including phenoxy) is 1. The zero-order valence-corrected chi connectivity index (χ0v) is 18.6. The molecule has 3 heteroatoms. The summed E-state index contributed by atoms with van der Waals surface area (Å²) in [4.78, 5) is 2.16. The molecule has 0 aliphatic carbocycles. The fraction of sp³-hybridized carbons (Fsp3) is 0.750. The second kappa shape index (κ2) is 10.5. The quantitative estimate of drug-likeness (QED) is 0.612. The molecular formula is C24H43N2O+. The Kier molecular flexibility index (Phi) is 8.62. The number of hydrogen-bond donors (Lipinski definition) is 1. The summed E-state index contributed by atoms with van der Waals surface area (Å²) >= 11 is 0. The number of rotatable bonds is 10. The van der Waals surface area contributed by atoms with Crippen molar-refractivity contribution < 1.29 is 10.1 Å². The number of hydrogen-bond acceptors (Lipinski definition) is 2. The van der Waals surface area contributed by atoms with Crippen LogP contribution in [0.15, 0.2) is 24.3 Å². The first kappa shape index (κ1) is 22.2. The molecule has 1 aliphatic rings. The van der Waals surface area contributed by atoms with Gasteiger partial charge in [-0.2, -0.15) is 0 Å². The minimum absolute atomic E-state index is 0.449. The lowest BCUT2D eigenvalue weighted by Crippen LogP contribution is -2.83. The largest absolute Gasteiger partial charge is 0.378 e.